The van der Waals surface area contributed by atoms with Gasteiger partial charge < -0.3 is 46.0 Å². The van der Waals surface area contributed by atoms with Gasteiger partial charge in [-0.25, -0.2) is 60.5 Å². The van der Waals surface area contributed by atoms with Crippen LogP contribution in [0.15, 0.2) is 121 Å². The number of nitrogens with one attached hydrogen (secondary N) is 5. The van der Waals surface area contributed by atoms with Crippen molar-refractivity contribution in [3.05, 3.63) is 190 Å². The van der Waals surface area contributed by atoms with E-state index in [1.54, 1.807) is 69.1 Å². The van der Waals surface area contributed by atoms with Gasteiger partial charge in [0.25, 0.3) is 11.8 Å². The molecule has 2 saturated heterocycles. The fraction of sp³-hybridized carbons (Fsp3) is 0.290. The number of aromatic nitrogens is 4. The van der Waals surface area contributed by atoms with Gasteiger partial charge in [0.15, 0.2) is 11.6 Å². The molecule has 0 atom stereocenters. The summed E-state index contributed by atoms with van der Waals surface area (Å²) in [5, 5.41) is 14.2. The van der Waals surface area contributed by atoms with Gasteiger partial charge in [0, 0.05) is 90.1 Å². The SMILES string of the molecule is CNC1CCN(c2nc(-c3cc(C(=O)Nc4ccc(F)cc4)ccc3C)c3c(n2)N(c2c(F)cccc2F)C(=O)NC3)CC1.Cc1ccc(C(=O)Nc2ccc(F)cc2)cc1-c1nc(N2CCC(N(C)C(=O)OC(C)(C)C)CC2)nc2c1CNC(=O)N2c1c(F)cccc1F. The molecule has 0 aliphatic carbocycles. The Bertz CT molecular complexity index is 4240. The number of amides is 7. The smallest absolute Gasteiger partial charge is 0.410 e. The third-order valence-electron chi connectivity index (χ3n) is 16.8. The largest absolute Gasteiger partial charge is 0.444 e. The molecule has 4 aliphatic rings. The minimum atomic E-state index is -0.957. The standard InChI is InChI=1S/C37H38F3N7O4.C32H30F3N7O2/c1-21-9-10-22(33(48)42-24-13-11-23(38)12-14-24)19-26(21)30-27-20-41-35(49)47(31-28(39)7-6-8-29(31)40)32(27)44-34(43-30)46-17-15-25(16-18-46)45(5)36(50)51-37(2,3)4;1-18-6-7-19(30(43)38-22-10-8-20(33)9-11-22)16-23(18)27-24-17-37-32(44)42(28-25(34)4-3-5-26(28)35)29(24)40-31(39-27)41-14-12-21(36-2)13-15-41/h6-14,19,25H,15-18,20H2,1-5H3,(H,41,49)(H,42,48);3-11,16,21,36H,12-15,17H2,1-2H3,(H,37,44)(H,38,43). The van der Waals surface area contributed by atoms with E-state index in [2.05, 4.69) is 26.6 Å². The van der Waals surface area contributed by atoms with Crippen LogP contribution in [-0.4, -0.2) is 113 Å². The summed E-state index contributed by atoms with van der Waals surface area (Å²) in [7, 11) is 3.61. The molecule has 2 aromatic heterocycles. The Labute approximate surface area is 543 Å². The first-order valence-electron chi connectivity index (χ1n) is 30.8. The summed E-state index contributed by atoms with van der Waals surface area (Å²) >= 11 is 0. The summed E-state index contributed by atoms with van der Waals surface area (Å²) in [6.07, 6.45) is 2.33. The zero-order valence-corrected chi connectivity index (χ0v) is 53.0. The van der Waals surface area contributed by atoms with Gasteiger partial charge in [0.05, 0.1) is 24.5 Å². The van der Waals surface area contributed by atoms with Gasteiger partial charge in [-0.3, -0.25) is 9.59 Å². The molecule has 95 heavy (non-hydrogen) atoms. The molecule has 26 heteroatoms. The second kappa shape index (κ2) is 27.5. The van der Waals surface area contributed by atoms with Crippen molar-refractivity contribution in [2.45, 2.75) is 91.1 Å². The number of nitrogens with zero attached hydrogens (tertiary/aromatic N) is 9. The molecule has 7 amide bonds. The summed E-state index contributed by atoms with van der Waals surface area (Å²) in [6, 6.07) is 26.4. The van der Waals surface area contributed by atoms with Crippen LogP contribution in [-0.2, 0) is 17.8 Å². The van der Waals surface area contributed by atoms with Gasteiger partial charge >= 0.3 is 18.2 Å². The molecule has 6 heterocycles. The fourth-order valence-corrected chi connectivity index (χ4v) is 11.7. The number of urea groups is 2. The van der Waals surface area contributed by atoms with Crippen molar-refractivity contribution in [1.82, 2.24) is 40.8 Å². The van der Waals surface area contributed by atoms with E-state index in [-0.39, 0.29) is 42.3 Å². The number of aryl methyl sites for hydroxylation is 2. The van der Waals surface area contributed by atoms with E-state index in [0.717, 1.165) is 58.0 Å². The van der Waals surface area contributed by atoms with Crippen LogP contribution in [0, 0.1) is 48.8 Å². The number of benzene rings is 6. The lowest BCUT2D eigenvalue weighted by molar-refractivity contribution is 0.0200. The van der Waals surface area contributed by atoms with Crippen molar-refractivity contribution in [2.75, 3.05) is 70.5 Å². The highest BCUT2D eigenvalue weighted by Gasteiger charge is 2.39. The minimum absolute atomic E-state index is 0.00341. The number of para-hydroxylation sites is 2. The quantitative estimate of drug-likeness (QED) is 0.0719. The first-order chi connectivity index (χ1) is 45.4. The molecule has 6 aromatic carbocycles. The molecule has 0 saturated carbocycles. The number of fused-ring (bicyclic) bond motifs is 2. The van der Waals surface area contributed by atoms with E-state index >= 15 is 17.6 Å². The molecule has 492 valence electrons. The lowest BCUT2D eigenvalue weighted by Gasteiger charge is -2.38. The van der Waals surface area contributed by atoms with Gasteiger partial charge in [-0.05, 0) is 176 Å². The van der Waals surface area contributed by atoms with Crippen LogP contribution in [0.2, 0.25) is 0 Å². The lowest BCUT2D eigenvalue weighted by Crippen LogP contribution is -2.48. The number of carbonyl (C=O) groups excluding carboxylic acids is 5. The third kappa shape index (κ3) is 14.3. The molecule has 0 unspecified atom stereocenters. The molecule has 2 fully saturated rings. The first kappa shape index (κ1) is 65.8. The predicted octanol–water partition coefficient (Wildman–Crippen LogP) is 13.0. The third-order valence-corrected chi connectivity index (χ3v) is 16.8. The highest BCUT2D eigenvalue weighted by molar-refractivity contribution is 6.07. The van der Waals surface area contributed by atoms with E-state index in [1.165, 1.54) is 60.7 Å². The summed E-state index contributed by atoms with van der Waals surface area (Å²) in [5.74, 6) is -4.90. The van der Waals surface area contributed by atoms with Gasteiger partial charge in [-0.2, -0.15) is 9.97 Å². The molecule has 12 rings (SSSR count). The summed E-state index contributed by atoms with van der Waals surface area (Å²) in [5.41, 5.74) is 3.90. The summed E-state index contributed by atoms with van der Waals surface area (Å²) < 4.78 is 93.1. The number of anilines is 8. The monoisotopic (exact) mass is 1300 g/mol. The molecule has 0 bridgehead atoms. The first-order valence-corrected chi connectivity index (χ1v) is 30.8. The number of carbonyl (C=O) groups is 5. The number of hydrogen-bond acceptors (Lipinski definition) is 13. The number of piperidine rings is 2. The number of ether oxygens (including phenoxy) is 1. The fourth-order valence-electron chi connectivity index (χ4n) is 11.7. The van der Waals surface area contributed by atoms with Gasteiger partial charge in [-0.1, -0.05) is 24.3 Å². The highest BCUT2D eigenvalue weighted by Crippen LogP contribution is 2.43. The van der Waals surface area contributed by atoms with E-state index in [1.807, 2.05) is 30.7 Å². The van der Waals surface area contributed by atoms with Crippen LogP contribution in [0.3, 0.4) is 0 Å². The van der Waals surface area contributed by atoms with E-state index < -0.39 is 81.8 Å². The van der Waals surface area contributed by atoms with E-state index in [0.29, 0.717) is 102 Å². The van der Waals surface area contributed by atoms with Gasteiger partial charge in [-0.15, -0.1) is 0 Å². The Morgan fingerprint density at radius 1 is 0.558 bits per heavy atom. The average Bonchev–Trinajstić information content (AvgIpc) is 0.752. The van der Waals surface area contributed by atoms with Crippen LogP contribution in [0.4, 0.5) is 87.0 Å². The molecule has 8 aromatic rings. The van der Waals surface area contributed by atoms with Crippen molar-refractivity contribution < 1.29 is 55.1 Å². The molecule has 5 N–H and O–H groups in total. The van der Waals surface area contributed by atoms with Crippen molar-refractivity contribution in [3.63, 3.8) is 0 Å². The van der Waals surface area contributed by atoms with Crippen LogP contribution in [0.25, 0.3) is 22.5 Å². The lowest BCUT2D eigenvalue weighted by atomic mass is 9.97. The Kier molecular flexibility index (Phi) is 19.1. The molecule has 0 spiro atoms. The van der Waals surface area contributed by atoms with Gasteiger partial charge in [0.2, 0.25) is 11.9 Å². The van der Waals surface area contributed by atoms with Crippen LogP contribution >= 0.6 is 0 Å². The topological polar surface area (TPSA) is 222 Å². The molecule has 0 radical (unpaired) electrons. The molecular formula is C69H68F6N14O6. The van der Waals surface area contributed by atoms with Crippen LogP contribution < -0.4 is 46.2 Å². The van der Waals surface area contributed by atoms with Crippen molar-refractivity contribution >= 4 is 76.3 Å². The maximum absolute atomic E-state index is 15.3. The van der Waals surface area contributed by atoms with Crippen LogP contribution in [0.1, 0.15) is 89.4 Å². The van der Waals surface area contributed by atoms with Crippen molar-refractivity contribution in [1.29, 1.82) is 0 Å². The van der Waals surface area contributed by atoms with Gasteiger partial charge in [0.1, 0.15) is 51.9 Å². The van der Waals surface area contributed by atoms with Crippen molar-refractivity contribution in [3.8, 4) is 22.5 Å². The van der Waals surface area contributed by atoms with Crippen molar-refractivity contribution in [2.24, 2.45) is 0 Å². The maximum atomic E-state index is 15.3. The molecular weight excluding hydrogens is 1230 g/mol. The predicted molar refractivity (Wildman–Crippen MR) is 348 cm³/mol. The Morgan fingerprint density at radius 3 is 1.33 bits per heavy atom. The zero-order chi connectivity index (χ0) is 67.6. The average molecular weight is 1300 g/mol. The summed E-state index contributed by atoms with van der Waals surface area (Å²) in [6.45, 7) is 11.2. The number of rotatable bonds is 12. The normalized spacial score (nSPS) is 15.0. The second-order valence-electron chi connectivity index (χ2n) is 24.3. The Morgan fingerprint density at radius 2 is 0.947 bits per heavy atom. The molecule has 4 aliphatic heterocycles. The minimum Gasteiger partial charge on any atom is -0.444 e. The number of halogens is 6. The maximum Gasteiger partial charge on any atom is 0.410 e. The molecule has 20 nitrogen and oxygen atoms in total. The van der Waals surface area contributed by atoms with Crippen LogP contribution in [0.5, 0.6) is 0 Å². The Balaban J connectivity index is 0.000000195. The highest BCUT2D eigenvalue weighted by atomic mass is 19.2. The summed E-state index contributed by atoms with van der Waals surface area (Å²) in [4.78, 5) is 92.5. The van der Waals surface area contributed by atoms with E-state index in [9.17, 15) is 32.8 Å². The van der Waals surface area contributed by atoms with E-state index in [4.69, 9.17) is 24.7 Å². The Hall–Kier alpha value is -10.6. The number of hydrogen-bond donors (Lipinski definition) is 5. The second-order valence-corrected chi connectivity index (χ2v) is 24.3. The zero-order valence-electron chi connectivity index (χ0n) is 53.0.